The van der Waals surface area contributed by atoms with Crippen LogP contribution in [0.1, 0.15) is 31.9 Å². The number of benzene rings is 2. The van der Waals surface area contributed by atoms with E-state index in [9.17, 15) is 19.5 Å². The van der Waals surface area contributed by atoms with Gasteiger partial charge in [-0.25, -0.2) is 14.6 Å². The molecule has 2 rings (SSSR count). The van der Waals surface area contributed by atoms with E-state index in [0.29, 0.717) is 0 Å². The molecule has 2 aromatic rings. The first-order valence-electron chi connectivity index (χ1n) is 10.1. The standard InChI is InChI=1S/C23H29N3O6/c1-23(2,3)32-21(29)24-19(15-27)20(28)25-26(14-17-10-6-4-7-11-17)22(30)31-16-18-12-8-5-9-13-18/h4-13,19,27H,14-16H2,1-3H3,(H,24,29)(H,25,28)/t19-/m0/s1. The predicted molar refractivity (Wildman–Crippen MR) is 117 cm³/mol. The lowest BCUT2D eigenvalue weighted by atomic mass is 10.2. The van der Waals surface area contributed by atoms with Gasteiger partial charge in [-0.1, -0.05) is 60.7 Å². The average molecular weight is 444 g/mol. The van der Waals surface area contributed by atoms with Crippen LogP contribution >= 0.6 is 0 Å². The topological polar surface area (TPSA) is 117 Å². The molecule has 0 saturated carbocycles. The second kappa shape index (κ2) is 11.7. The fourth-order valence-electron chi connectivity index (χ4n) is 2.57. The van der Waals surface area contributed by atoms with Gasteiger partial charge in [0.1, 0.15) is 18.2 Å². The number of carbonyl (C=O) groups excluding carboxylic acids is 3. The van der Waals surface area contributed by atoms with Gasteiger partial charge in [0.05, 0.1) is 13.2 Å². The van der Waals surface area contributed by atoms with Gasteiger partial charge in [-0.05, 0) is 31.9 Å². The summed E-state index contributed by atoms with van der Waals surface area (Å²) >= 11 is 0. The van der Waals surface area contributed by atoms with Crippen LogP contribution in [0.15, 0.2) is 60.7 Å². The van der Waals surface area contributed by atoms with Crippen molar-refractivity contribution in [1.29, 1.82) is 0 Å². The first-order valence-corrected chi connectivity index (χ1v) is 10.1. The third-order valence-electron chi connectivity index (χ3n) is 4.04. The van der Waals surface area contributed by atoms with Crippen LogP contribution < -0.4 is 10.7 Å². The van der Waals surface area contributed by atoms with E-state index in [1.807, 2.05) is 24.3 Å². The van der Waals surface area contributed by atoms with Gasteiger partial charge in [-0.3, -0.25) is 10.2 Å². The zero-order valence-electron chi connectivity index (χ0n) is 18.4. The van der Waals surface area contributed by atoms with Crippen LogP contribution in [0, 0.1) is 0 Å². The molecule has 32 heavy (non-hydrogen) atoms. The molecular weight excluding hydrogens is 414 g/mol. The normalized spacial score (nSPS) is 11.8. The van der Waals surface area contributed by atoms with Crippen molar-refractivity contribution in [1.82, 2.24) is 15.8 Å². The molecule has 0 aliphatic heterocycles. The van der Waals surface area contributed by atoms with Crippen molar-refractivity contribution in [2.75, 3.05) is 6.61 Å². The number of ether oxygens (including phenoxy) is 2. The minimum absolute atomic E-state index is 0.0143. The quantitative estimate of drug-likeness (QED) is 0.567. The molecule has 9 heteroatoms. The zero-order chi connectivity index (χ0) is 23.6. The van der Waals surface area contributed by atoms with Crippen LogP contribution in [-0.2, 0) is 27.4 Å². The minimum atomic E-state index is -1.33. The van der Waals surface area contributed by atoms with Crippen LogP contribution in [0.5, 0.6) is 0 Å². The van der Waals surface area contributed by atoms with E-state index in [4.69, 9.17) is 9.47 Å². The molecule has 0 aliphatic rings. The number of aliphatic hydroxyl groups excluding tert-OH is 1. The van der Waals surface area contributed by atoms with Gasteiger partial charge in [0, 0.05) is 0 Å². The lowest BCUT2D eigenvalue weighted by Gasteiger charge is -2.26. The van der Waals surface area contributed by atoms with Gasteiger partial charge in [0.25, 0.3) is 5.91 Å². The summed E-state index contributed by atoms with van der Waals surface area (Å²) < 4.78 is 10.4. The number of hydrogen-bond donors (Lipinski definition) is 3. The molecule has 0 saturated heterocycles. The Labute approximate surface area is 187 Å². The van der Waals surface area contributed by atoms with Crippen LogP contribution in [0.25, 0.3) is 0 Å². The van der Waals surface area contributed by atoms with Crippen LogP contribution in [0.4, 0.5) is 9.59 Å². The van der Waals surface area contributed by atoms with Crippen molar-refractivity contribution in [3.63, 3.8) is 0 Å². The SMILES string of the molecule is CC(C)(C)OC(=O)N[C@@H](CO)C(=O)NN(Cc1ccccc1)C(=O)OCc1ccccc1. The Morgan fingerprint density at radius 3 is 2.06 bits per heavy atom. The number of amides is 3. The molecular formula is C23H29N3O6. The van der Waals surface area contributed by atoms with Crippen LogP contribution in [0.3, 0.4) is 0 Å². The van der Waals surface area contributed by atoms with E-state index < -0.39 is 36.3 Å². The average Bonchev–Trinajstić information content (AvgIpc) is 2.75. The Bertz CT molecular complexity index is 884. The lowest BCUT2D eigenvalue weighted by Crippen LogP contribution is -2.55. The van der Waals surface area contributed by atoms with Gasteiger partial charge < -0.3 is 19.9 Å². The number of aliphatic hydroxyl groups is 1. The van der Waals surface area contributed by atoms with E-state index >= 15 is 0 Å². The largest absolute Gasteiger partial charge is 0.444 e. The molecule has 0 aliphatic carbocycles. The number of nitrogens with one attached hydrogen (secondary N) is 2. The van der Waals surface area contributed by atoms with Gasteiger partial charge in [0.15, 0.2) is 0 Å². The molecule has 3 N–H and O–H groups in total. The Hall–Kier alpha value is -3.59. The molecule has 3 amide bonds. The minimum Gasteiger partial charge on any atom is -0.444 e. The second-order valence-corrected chi connectivity index (χ2v) is 7.97. The summed E-state index contributed by atoms with van der Waals surface area (Å²) in [5.41, 5.74) is 3.16. The molecule has 0 fully saturated rings. The maximum absolute atomic E-state index is 12.7. The lowest BCUT2D eigenvalue weighted by molar-refractivity contribution is -0.128. The highest BCUT2D eigenvalue weighted by Gasteiger charge is 2.27. The first kappa shape index (κ1) is 24.7. The molecule has 9 nitrogen and oxygen atoms in total. The Kier molecular flexibility index (Phi) is 9.03. The first-order chi connectivity index (χ1) is 15.2. The molecule has 172 valence electrons. The number of rotatable bonds is 7. The number of alkyl carbamates (subject to hydrolysis) is 1. The fraction of sp³-hybridized carbons (Fsp3) is 0.348. The maximum Gasteiger partial charge on any atom is 0.429 e. The summed E-state index contributed by atoms with van der Waals surface area (Å²) in [6.07, 6.45) is -1.66. The summed E-state index contributed by atoms with van der Waals surface area (Å²) in [7, 11) is 0. The summed E-state index contributed by atoms with van der Waals surface area (Å²) in [6.45, 7) is 4.36. The summed E-state index contributed by atoms with van der Waals surface area (Å²) in [5.74, 6) is -0.800. The highest BCUT2D eigenvalue weighted by atomic mass is 16.6. The second-order valence-electron chi connectivity index (χ2n) is 7.97. The van der Waals surface area contributed by atoms with E-state index in [1.54, 1.807) is 57.2 Å². The van der Waals surface area contributed by atoms with Gasteiger partial charge >= 0.3 is 12.2 Å². The van der Waals surface area contributed by atoms with Crippen molar-refractivity contribution in [2.45, 2.75) is 45.6 Å². The molecule has 1 atom stereocenters. The number of carbonyl (C=O) groups is 3. The van der Waals surface area contributed by atoms with Crippen molar-refractivity contribution >= 4 is 18.1 Å². The number of nitrogens with zero attached hydrogens (tertiary/aromatic N) is 1. The van der Waals surface area contributed by atoms with Gasteiger partial charge in [-0.15, -0.1) is 0 Å². The van der Waals surface area contributed by atoms with Crippen LogP contribution in [0.2, 0.25) is 0 Å². The number of hydrazine groups is 1. The van der Waals surface area contributed by atoms with Crippen molar-refractivity contribution in [2.24, 2.45) is 0 Å². The molecule has 0 unspecified atom stereocenters. The zero-order valence-corrected chi connectivity index (χ0v) is 18.4. The van der Waals surface area contributed by atoms with Crippen molar-refractivity contribution < 1.29 is 29.0 Å². The summed E-state index contributed by atoms with van der Waals surface area (Å²) in [6, 6.07) is 16.8. The highest BCUT2D eigenvalue weighted by molar-refractivity contribution is 5.87. The van der Waals surface area contributed by atoms with Gasteiger partial charge in [-0.2, -0.15) is 0 Å². The summed E-state index contributed by atoms with van der Waals surface area (Å²) in [5, 5.41) is 12.8. The number of hydrogen-bond acceptors (Lipinski definition) is 6. The highest BCUT2D eigenvalue weighted by Crippen LogP contribution is 2.09. The molecule has 2 aromatic carbocycles. The predicted octanol–water partition coefficient (Wildman–Crippen LogP) is 2.74. The fourth-order valence-corrected chi connectivity index (χ4v) is 2.57. The molecule has 0 radical (unpaired) electrons. The third-order valence-corrected chi connectivity index (χ3v) is 4.04. The van der Waals surface area contributed by atoms with Crippen molar-refractivity contribution in [3.05, 3.63) is 71.8 Å². The Morgan fingerprint density at radius 1 is 0.969 bits per heavy atom. The molecule has 0 aromatic heterocycles. The molecule has 0 bridgehead atoms. The molecule has 0 spiro atoms. The third kappa shape index (κ3) is 8.65. The Balaban J connectivity index is 2.07. The van der Waals surface area contributed by atoms with Crippen LogP contribution in [-0.4, -0.2) is 46.5 Å². The van der Waals surface area contributed by atoms with Crippen molar-refractivity contribution in [3.8, 4) is 0 Å². The summed E-state index contributed by atoms with van der Waals surface area (Å²) in [4.78, 5) is 37.3. The monoisotopic (exact) mass is 443 g/mol. The molecule has 0 heterocycles. The van der Waals surface area contributed by atoms with E-state index in [1.165, 1.54) is 0 Å². The van der Waals surface area contributed by atoms with E-state index in [-0.39, 0.29) is 13.2 Å². The van der Waals surface area contributed by atoms with E-state index in [0.717, 1.165) is 16.1 Å². The smallest absolute Gasteiger partial charge is 0.429 e. The van der Waals surface area contributed by atoms with E-state index in [2.05, 4.69) is 10.7 Å². The maximum atomic E-state index is 12.7. The Morgan fingerprint density at radius 2 is 1.53 bits per heavy atom. The van der Waals surface area contributed by atoms with Gasteiger partial charge in [0.2, 0.25) is 0 Å².